The highest BCUT2D eigenvalue weighted by Crippen LogP contribution is 2.68. The van der Waals surface area contributed by atoms with Gasteiger partial charge in [0.25, 0.3) is 0 Å². The second kappa shape index (κ2) is 13.9. The van der Waals surface area contributed by atoms with Crippen LogP contribution < -0.4 is 0 Å². The predicted molar refractivity (Wildman–Crippen MR) is 184 cm³/mol. The summed E-state index contributed by atoms with van der Waals surface area (Å²) in [7, 11) is 0. The Labute approximate surface area is 302 Å². The molecule has 1 aliphatic heterocycles. The van der Waals surface area contributed by atoms with Crippen LogP contribution in [0.1, 0.15) is 75.1 Å². The summed E-state index contributed by atoms with van der Waals surface area (Å²) in [4.78, 5) is 71.8. The Morgan fingerprint density at radius 3 is 2.21 bits per heavy atom. The van der Waals surface area contributed by atoms with Crippen LogP contribution in [0.5, 0.6) is 0 Å². The van der Waals surface area contributed by atoms with Crippen molar-refractivity contribution in [2.45, 2.75) is 90.0 Å². The van der Waals surface area contributed by atoms with Crippen molar-refractivity contribution < 1.29 is 52.4 Å². The Morgan fingerprint density at radius 1 is 0.904 bits per heavy atom. The minimum atomic E-state index is -1.77. The smallest absolute Gasteiger partial charge is 0.340 e. The van der Waals surface area contributed by atoms with E-state index in [1.165, 1.54) is 26.2 Å². The number of allylic oxidation sites excluding steroid dienone is 2. The Kier molecular flexibility index (Phi) is 9.91. The molecule has 1 aromatic heterocycles. The van der Waals surface area contributed by atoms with Gasteiger partial charge < -0.3 is 28.4 Å². The van der Waals surface area contributed by atoms with Crippen LogP contribution in [0.4, 0.5) is 0 Å². The molecule has 12 heteroatoms. The molecule has 11 atom stereocenters. The van der Waals surface area contributed by atoms with E-state index >= 15 is 0 Å². The molecule has 0 amide bonds. The standard InChI is InChI=1S/C40H45NO11/c1-8-30(44)50-32-23(4)19-40(52-25(6)43)31(32)34(48-24(5)42)39-21-47-38(7,37(40)51-36(46)27-15-12-18-41-20-27)33(39)28(22(2)3)16-17-29(39)49-35(45)26-13-10-9-11-14-26/h9-18,20,23,28-29,31-34,37H,2,8,19,21H2,1,3-7H3/t23-,28+,29+,31+,32-,33-,34-,37-,38+,39+,40+/m0/s1. The van der Waals surface area contributed by atoms with Crippen molar-refractivity contribution in [1.29, 1.82) is 0 Å². The quantitative estimate of drug-likeness (QED) is 0.190. The number of esters is 5. The fraction of sp³-hybridized carbons (Fsp3) is 0.500. The average molecular weight is 716 g/mol. The van der Waals surface area contributed by atoms with E-state index in [0.717, 1.165) is 0 Å². The van der Waals surface area contributed by atoms with Gasteiger partial charge in [-0.15, -0.1) is 0 Å². The first-order chi connectivity index (χ1) is 24.7. The first-order valence-electron chi connectivity index (χ1n) is 17.6. The molecule has 6 rings (SSSR count). The van der Waals surface area contributed by atoms with Gasteiger partial charge in [0.1, 0.15) is 23.9 Å². The highest BCUT2D eigenvalue weighted by Gasteiger charge is 2.82. The maximum Gasteiger partial charge on any atom is 0.340 e. The SMILES string of the molecule is C=C(C)[C@H]1C=C[C@@H](OC(=O)c2ccccc2)[C@@]23CO[C@@](C)([C@H](OC(=O)c4cccnc4)[C@@]4(OC(C)=O)C[C@H](C)[C@H](OC(=O)CC)[C@@H]4[C@@H]2OC(C)=O)[C@H]13. The fourth-order valence-electron chi connectivity index (χ4n) is 9.48. The normalized spacial score (nSPS) is 35.6. The zero-order valence-corrected chi connectivity index (χ0v) is 30.2. The Bertz CT molecular complexity index is 1780. The molecule has 0 spiro atoms. The largest absolute Gasteiger partial charge is 0.461 e. The summed E-state index contributed by atoms with van der Waals surface area (Å²) in [5.74, 6) is -6.13. The molecule has 2 bridgehead atoms. The highest BCUT2D eigenvalue weighted by atomic mass is 16.6. The van der Waals surface area contributed by atoms with Crippen molar-refractivity contribution in [1.82, 2.24) is 4.98 Å². The summed E-state index contributed by atoms with van der Waals surface area (Å²) in [6.07, 6.45) is 1.91. The second-order valence-corrected chi connectivity index (χ2v) is 14.6. The maximum atomic E-state index is 14.1. The van der Waals surface area contributed by atoms with Gasteiger partial charge in [-0.1, -0.05) is 50.3 Å². The summed E-state index contributed by atoms with van der Waals surface area (Å²) in [6, 6.07) is 11.6. The molecule has 3 aliphatic carbocycles. The highest BCUT2D eigenvalue weighted by molar-refractivity contribution is 5.90. The first kappa shape index (κ1) is 36.9. The lowest BCUT2D eigenvalue weighted by molar-refractivity contribution is -0.238. The third-order valence-electron chi connectivity index (χ3n) is 11.3. The summed E-state index contributed by atoms with van der Waals surface area (Å²) in [5, 5.41) is 0. The lowest BCUT2D eigenvalue weighted by Gasteiger charge is -2.51. The maximum absolute atomic E-state index is 14.1. The zero-order valence-electron chi connectivity index (χ0n) is 30.2. The molecule has 1 aromatic carbocycles. The minimum Gasteiger partial charge on any atom is -0.461 e. The number of pyridine rings is 1. The lowest BCUT2D eigenvalue weighted by Crippen LogP contribution is -2.64. The van der Waals surface area contributed by atoms with Crippen LogP contribution >= 0.6 is 0 Å². The van der Waals surface area contributed by atoms with Gasteiger partial charge in [0.2, 0.25) is 0 Å². The number of carbonyl (C=O) groups is 5. The Hall–Kier alpha value is -4.84. The van der Waals surface area contributed by atoms with E-state index in [0.29, 0.717) is 11.1 Å². The van der Waals surface area contributed by atoms with Crippen LogP contribution in [0.15, 0.2) is 79.2 Å². The molecule has 2 aromatic rings. The zero-order chi connectivity index (χ0) is 37.6. The molecule has 52 heavy (non-hydrogen) atoms. The monoisotopic (exact) mass is 715 g/mol. The number of rotatable bonds is 9. The van der Waals surface area contributed by atoms with E-state index in [4.69, 9.17) is 28.4 Å². The predicted octanol–water partition coefficient (Wildman–Crippen LogP) is 5.21. The van der Waals surface area contributed by atoms with Crippen molar-refractivity contribution in [3.63, 3.8) is 0 Å². The van der Waals surface area contributed by atoms with Crippen LogP contribution in [0.25, 0.3) is 0 Å². The van der Waals surface area contributed by atoms with Crippen molar-refractivity contribution in [2.75, 3.05) is 6.61 Å². The number of hydrogen-bond acceptors (Lipinski definition) is 12. The third kappa shape index (κ3) is 6.00. The molecule has 0 N–H and O–H groups in total. The van der Waals surface area contributed by atoms with E-state index in [1.807, 2.05) is 19.9 Å². The third-order valence-corrected chi connectivity index (χ3v) is 11.3. The molecule has 2 heterocycles. The van der Waals surface area contributed by atoms with Gasteiger partial charge in [0.05, 0.1) is 29.1 Å². The topological polar surface area (TPSA) is 154 Å². The number of nitrogens with zero attached hydrogens (tertiary/aromatic N) is 1. The van der Waals surface area contributed by atoms with Gasteiger partial charge >= 0.3 is 29.8 Å². The summed E-state index contributed by atoms with van der Waals surface area (Å²) < 4.78 is 38.8. The number of carbonyl (C=O) groups excluding carboxylic acids is 5. The van der Waals surface area contributed by atoms with E-state index in [1.54, 1.807) is 62.4 Å². The van der Waals surface area contributed by atoms with Crippen LogP contribution in [-0.4, -0.2) is 77.1 Å². The minimum absolute atomic E-state index is 0.0422. The number of fused-ring (bicyclic) bond motifs is 1. The van der Waals surface area contributed by atoms with Crippen LogP contribution in [-0.2, 0) is 42.8 Å². The number of aromatic nitrogens is 1. The summed E-state index contributed by atoms with van der Waals surface area (Å²) in [6.45, 7) is 13.8. The first-order valence-corrected chi connectivity index (χ1v) is 17.6. The molecular weight excluding hydrogens is 670 g/mol. The number of hydrogen-bond donors (Lipinski definition) is 0. The number of ether oxygens (including phenoxy) is 6. The van der Waals surface area contributed by atoms with Gasteiger partial charge in [-0.05, 0) is 56.5 Å². The van der Waals surface area contributed by atoms with E-state index < -0.39 is 94.6 Å². The average Bonchev–Trinajstić information content (AvgIpc) is 3.56. The van der Waals surface area contributed by atoms with Crippen molar-refractivity contribution in [2.24, 2.45) is 29.1 Å². The van der Waals surface area contributed by atoms with Gasteiger partial charge in [0.15, 0.2) is 11.7 Å². The summed E-state index contributed by atoms with van der Waals surface area (Å²) >= 11 is 0. The Morgan fingerprint density at radius 2 is 1.60 bits per heavy atom. The Balaban J connectivity index is 1.66. The van der Waals surface area contributed by atoms with Crippen molar-refractivity contribution in [3.05, 3.63) is 90.3 Å². The molecule has 4 aliphatic rings. The van der Waals surface area contributed by atoms with Gasteiger partial charge in [-0.2, -0.15) is 0 Å². The molecule has 276 valence electrons. The lowest BCUT2D eigenvalue weighted by atomic mass is 9.55. The van der Waals surface area contributed by atoms with Gasteiger partial charge in [-0.3, -0.25) is 19.4 Å². The van der Waals surface area contributed by atoms with Crippen LogP contribution in [0, 0.1) is 29.1 Å². The summed E-state index contributed by atoms with van der Waals surface area (Å²) in [5.41, 5.74) is -3.50. The van der Waals surface area contributed by atoms with E-state index in [-0.39, 0.29) is 25.0 Å². The van der Waals surface area contributed by atoms with Crippen LogP contribution in [0.2, 0.25) is 0 Å². The molecular formula is C40H45NO11. The van der Waals surface area contributed by atoms with E-state index in [2.05, 4.69) is 11.6 Å². The van der Waals surface area contributed by atoms with Crippen molar-refractivity contribution >= 4 is 29.8 Å². The number of benzene rings is 1. The molecule has 2 saturated carbocycles. The molecule has 0 unspecified atom stereocenters. The van der Waals surface area contributed by atoms with Crippen LogP contribution in [0.3, 0.4) is 0 Å². The molecule has 1 saturated heterocycles. The van der Waals surface area contributed by atoms with Crippen molar-refractivity contribution in [3.8, 4) is 0 Å². The van der Waals surface area contributed by atoms with Gasteiger partial charge in [-0.25, -0.2) is 9.59 Å². The van der Waals surface area contributed by atoms with E-state index in [9.17, 15) is 24.0 Å². The van der Waals surface area contributed by atoms with Gasteiger partial charge in [0, 0.05) is 44.5 Å². The fourth-order valence-corrected chi connectivity index (χ4v) is 9.48. The molecule has 12 nitrogen and oxygen atoms in total. The molecule has 0 radical (unpaired) electrons. The second-order valence-electron chi connectivity index (χ2n) is 14.6. The molecule has 3 fully saturated rings.